The first-order valence-electron chi connectivity index (χ1n) is 2.97. The molecule has 0 fully saturated rings. The fourth-order valence-corrected chi connectivity index (χ4v) is 0.735. The third-order valence-electron chi connectivity index (χ3n) is 1.30. The third-order valence-corrected chi connectivity index (χ3v) is 1.30. The fraction of sp³-hybridized carbons (Fsp3) is 0.167. The van der Waals surface area contributed by atoms with Crippen molar-refractivity contribution in [3.8, 4) is 0 Å². The molecule has 0 saturated carbocycles. The van der Waals surface area contributed by atoms with E-state index in [-0.39, 0.29) is 12.2 Å². The average Bonchev–Trinajstić information content (AvgIpc) is 1.88. The van der Waals surface area contributed by atoms with E-state index in [4.69, 9.17) is 10.0 Å². The van der Waals surface area contributed by atoms with Crippen LogP contribution in [0.15, 0.2) is 23.7 Å². The monoisotopic (exact) mass is 138 g/mol. The molecule has 0 radical (unpaired) electrons. The molecule has 4 heteroatoms. The molecule has 52 valence electrons. The second kappa shape index (κ2) is 2.81. The second-order valence-electron chi connectivity index (χ2n) is 2.08. The van der Waals surface area contributed by atoms with Crippen molar-refractivity contribution >= 4 is 12.9 Å². The summed E-state index contributed by atoms with van der Waals surface area (Å²) in [4.78, 5) is 10.5. The first kappa shape index (κ1) is 7.24. The number of ketones is 1. The Kier molecular flexibility index (Phi) is 2.04. The lowest BCUT2D eigenvalue weighted by molar-refractivity contribution is -0.113. The highest BCUT2D eigenvalue weighted by Gasteiger charge is 2.14. The molecule has 1 aliphatic carbocycles. The van der Waals surface area contributed by atoms with Gasteiger partial charge in [-0.1, -0.05) is 12.2 Å². The maximum atomic E-state index is 10.5. The van der Waals surface area contributed by atoms with Crippen LogP contribution in [0.25, 0.3) is 0 Å². The summed E-state index contributed by atoms with van der Waals surface area (Å²) in [6.45, 7) is 0. The van der Waals surface area contributed by atoms with Gasteiger partial charge in [0.25, 0.3) is 0 Å². The molecule has 1 rings (SSSR count). The summed E-state index contributed by atoms with van der Waals surface area (Å²) in [6.07, 6.45) is 4.53. The van der Waals surface area contributed by atoms with E-state index >= 15 is 0 Å². The fourth-order valence-electron chi connectivity index (χ4n) is 0.735. The molecule has 0 saturated heterocycles. The molecule has 3 nitrogen and oxygen atoms in total. The van der Waals surface area contributed by atoms with Crippen LogP contribution in [0.2, 0.25) is 0 Å². The molecule has 0 spiro atoms. The molecule has 1 aliphatic rings. The largest absolute Gasteiger partial charge is 0.488 e. The number of carbonyl (C=O) groups is 1. The quantitative estimate of drug-likeness (QED) is 0.478. The lowest BCUT2D eigenvalue weighted by Crippen LogP contribution is -2.16. The summed E-state index contributed by atoms with van der Waals surface area (Å²) in [7, 11) is -1.45. The molecular formula is C6H7BO3. The lowest BCUT2D eigenvalue weighted by Gasteiger charge is -2.02. The van der Waals surface area contributed by atoms with Crippen LogP contribution in [0, 0.1) is 0 Å². The Bertz CT molecular complexity index is 205. The van der Waals surface area contributed by atoms with E-state index in [9.17, 15) is 4.79 Å². The Morgan fingerprint density at radius 1 is 1.40 bits per heavy atom. The lowest BCUT2D eigenvalue weighted by atomic mass is 9.77. The zero-order chi connectivity index (χ0) is 7.56. The summed E-state index contributed by atoms with van der Waals surface area (Å²) in [6, 6.07) is 0. The van der Waals surface area contributed by atoms with Crippen molar-refractivity contribution in [1.82, 2.24) is 0 Å². The molecule has 0 heterocycles. The van der Waals surface area contributed by atoms with Crippen LogP contribution in [-0.4, -0.2) is 22.9 Å². The molecule has 0 aromatic carbocycles. The molecule has 0 aromatic rings. The molecule has 0 unspecified atom stereocenters. The molecule has 0 amide bonds. The maximum absolute atomic E-state index is 10.5. The minimum atomic E-state index is -1.45. The van der Waals surface area contributed by atoms with Gasteiger partial charge < -0.3 is 10.0 Å². The van der Waals surface area contributed by atoms with Crippen molar-refractivity contribution in [3.05, 3.63) is 23.7 Å². The molecule has 2 N–H and O–H groups in total. The van der Waals surface area contributed by atoms with Gasteiger partial charge >= 0.3 is 7.12 Å². The van der Waals surface area contributed by atoms with E-state index in [1.165, 1.54) is 18.2 Å². The molecule has 0 aromatic heterocycles. The van der Waals surface area contributed by atoms with E-state index in [1.807, 2.05) is 0 Å². The predicted octanol–water partition coefficient (Wildman–Crippen LogP) is -0.546. The van der Waals surface area contributed by atoms with E-state index < -0.39 is 7.12 Å². The van der Waals surface area contributed by atoms with Crippen LogP contribution in [0.3, 0.4) is 0 Å². The zero-order valence-electron chi connectivity index (χ0n) is 5.32. The summed E-state index contributed by atoms with van der Waals surface area (Å²) >= 11 is 0. The van der Waals surface area contributed by atoms with Gasteiger partial charge in [0.2, 0.25) is 0 Å². The smallest absolute Gasteiger partial charge is 0.423 e. The average molecular weight is 138 g/mol. The van der Waals surface area contributed by atoms with Crippen LogP contribution >= 0.6 is 0 Å². The minimum absolute atomic E-state index is 0.00981. The summed E-state index contributed by atoms with van der Waals surface area (Å²) in [5, 5.41) is 17.2. The zero-order valence-corrected chi connectivity index (χ0v) is 5.32. The number of carbonyl (C=O) groups excluding carboxylic acids is 1. The second-order valence-corrected chi connectivity index (χ2v) is 2.08. The van der Waals surface area contributed by atoms with Gasteiger partial charge in [-0.2, -0.15) is 0 Å². The predicted molar refractivity (Wildman–Crippen MR) is 37.0 cm³/mol. The van der Waals surface area contributed by atoms with Crippen LogP contribution < -0.4 is 0 Å². The van der Waals surface area contributed by atoms with Crippen LogP contribution in [0.5, 0.6) is 0 Å². The topological polar surface area (TPSA) is 57.5 Å². The van der Waals surface area contributed by atoms with Crippen LogP contribution in [0.1, 0.15) is 6.42 Å². The highest BCUT2D eigenvalue weighted by molar-refractivity contribution is 6.52. The van der Waals surface area contributed by atoms with Crippen LogP contribution in [0.4, 0.5) is 0 Å². The Hall–Kier alpha value is -0.865. The highest BCUT2D eigenvalue weighted by Crippen LogP contribution is 2.07. The molecule has 10 heavy (non-hydrogen) atoms. The summed E-state index contributed by atoms with van der Waals surface area (Å²) in [5.41, 5.74) is 0.389. The highest BCUT2D eigenvalue weighted by atomic mass is 16.4. The van der Waals surface area contributed by atoms with E-state index in [0.717, 1.165) is 0 Å². The number of allylic oxidation sites excluding steroid dienone is 4. The number of rotatable bonds is 1. The van der Waals surface area contributed by atoms with Gasteiger partial charge in [-0.3, -0.25) is 4.79 Å². The Morgan fingerprint density at radius 3 is 2.50 bits per heavy atom. The molecule has 0 aliphatic heterocycles. The first-order valence-corrected chi connectivity index (χ1v) is 2.97. The van der Waals surface area contributed by atoms with Crippen molar-refractivity contribution in [3.63, 3.8) is 0 Å². The van der Waals surface area contributed by atoms with Crippen molar-refractivity contribution in [2.24, 2.45) is 0 Å². The summed E-state index contributed by atoms with van der Waals surface area (Å²) < 4.78 is 0. The van der Waals surface area contributed by atoms with Crippen molar-refractivity contribution in [1.29, 1.82) is 0 Å². The third kappa shape index (κ3) is 1.56. The van der Waals surface area contributed by atoms with Crippen molar-refractivity contribution in [2.45, 2.75) is 6.42 Å². The van der Waals surface area contributed by atoms with Gasteiger partial charge in [0.1, 0.15) is 0 Å². The van der Waals surface area contributed by atoms with Gasteiger partial charge in [-0.15, -0.1) is 0 Å². The summed E-state index contributed by atoms with van der Waals surface area (Å²) in [5.74, 6) is -0.00981. The SMILES string of the molecule is O=C1C=CC(B(O)O)=CC1. The molecular weight excluding hydrogens is 131 g/mol. The Labute approximate surface area is 58.8 Å². The Balaban J connectivity index is 2.67. The van der Waals surface area contributed by atoms with E-state index in [0.29, 0.717) is 5.47 Å². The standard InChI is InChI=1S/C6H7BO3/c8-6-3-1-5(2-4-6)7(9)10/h1-3,9-10H,4H2. The van der Waals surface area contributed by atoms with Gasteiger partial charge in [0.05, 0.1) is 0 Å². The minimum Gasteiger partial charge on any atom is -0.423 e. The number of hydrogen-bond acceptors (Lipinski definition) is 3. The molecule has 0 bridgehead atoms. The Morgan fingerprint density at radius 2 is 2.10 bits per heavy atom. The van der Waals surface area contributed by atoms with Gasteiger partial charge in [0.15, 0.2) is 5.78 Å². The van der Waals surface area contributed by atoms with Gasteiger partial charge in [-0.25, -0.2) is 0 Å². The van der Waals surface area contributed by atoms with Gasteiger partial charge in [0, 0.05) is 6.42 Å². The van der Waals surface area contributed by atoms with Crippen molar-refractivity contribution in [2.75, 3.05) is 0 Å². The van der Waals surface area contributed by atoms with Crippen molar-refractivity contribution < 1.29 is 14.8 Å². The van der Waals surface area contributed by atoms with Crippen LogP contribution in [-0.2, 0) is 4.79 Å². The van der Waals surface area contributed by atoms with E-state index in [1.54, 1.807) is 0 Å². The number of hydrogen-bond donors (Lipinski definition) is 2. The normalized spacial score (nSPS) is 17.0. The van der Waals surface area contributed by atoms with E-state index in [2.05, 4.69) is 0 Å². The first-order chi connectivity index (χ1) is 4.70. The molecule has 0 atom stereocenters. The maximum Gasteiger partial charge on any atom is 0.488 e. The van der Waals surface area contributed by atoms with Gasteiger partial charge in [-0.05, 0) is 11.5 Å².